The lowest BCUT2D eigenvalue weighted by Crippen LogP contribution is -2.36. The Morgan fingerprint density at radius 3 is 2.71 bits per heavy atom. The summed E-state index contributed by atoms with van der Waals surface area (Å²) in [5.41, 5.74) is 1.59. The van der Waals surface area contributed by atoms with Crippen molar-refractivity contribution in [3.05, 3.63) is 64.3 Å². The second-order valence-electron chi connectivity index (χ2n) is 6.25. The number of aliphatic hydroxyl groups is 1. The van der Waals surface area contributed by atoms with Crippen molar-refractivity contribution in [2.24, 2.45) is 0 Å². The maximum Gasteiger partial charge on any atom is 0.265 e. The number of anilines is 3. The van der Waals surface area contributed by atoms with Gasteiger partial charge in [-0.3, -0.25) is 9.20 Å². The molecule has 148 valence electrons. The van der Waals surface area contributed by atoms with Gasteiger partial charge in [0.25, 0.3) is 5.56 Å². The maximum absolute atomic E-state index is 13.5. The van der Waals surface area contributed by atoms with E-state index in [2.05, 4.69) is 15.2 Å². The van der Waals surface area contributed by atoms with Crippen LogP contribution >= 0.6 is 0 Å². The molecule has 0 amide bonds. The number of aliphatic hydroxyl groups excluding tert-OH is 1. The molecular weight excluding hydrogens is 363 g/mol. The maximum atomic E-state index is 13.5. The molecule has 0 saturated carbocycles. The summed E-state index contributed by atoms with van der Waals surface area (Å²) in [5, 5.41) is 12.6. The van der Waals surface area contributed by atoms with Crippen LogP contribution in [-0.4, -0.2) is 40.8 Å². The van der Waals surface area contributed by atoms with Crippen LogP contribution in [-0.2, 0) is 11.3 Å². The number of pyridine rings is 1. The van der Waals surface area contributed by atoms with Crippen molar-refractivity contribution in [2.75, 3.05) is 36.5 Å². The summed E-state index contributed by atoms with van der Waals surface area (Å²) in [6, 6.07) is 9.52. The van der Waals surface area contributed by atoms with E-state index in [4.69, 9.17) is 4.74 Å². The number of aromatic nitrogens is 2. The van der Waals surface area contributed by atoms with E-state index in [0.29, 0.717) is 24.5 Å². The first-order valence-electron chi connectivity index (χ1n) is 8.67. The minimum atomic E-state index is -0.475. The number of halogens is 1. The van der Waals surface area contributed by atoms with Crippen molar-refractivity contribution in [3.63, 3.8) is 0 Å². The van der Waals surface area contributed by atoms with Crippen molar-refractivity contribution < 1.29 is 14.2 Å². The van der Waals surface area contributed by atoms with Gasteiger partial charge in [0, 0.05) is 36.7 Å². The number of ether oxygens (including phenoxy) is 1. The summed E-state index contributed by atoms with van der Waals surface area (Å²) in [6.45, 7) is 2.37. The average molecular weight is 386 g/mol. The molecule has 3 heterocycles. The molecule has 3 aromatic rings. The largest absolute Gasteiger partial charge is 0.391 e. The van der Waals surface area contributed by atoms with Gasteiger partial charge in [-0.05, 0) is 24.3 Å². The number of morpholine rings is 1. The number of hydrogen-bond donors (Lipinski definition) is 2. The first-order valence-corrected chi connectivity index (χ1v) is 8.67. The minimum absolute atomic E-state index is 0. The topological polar surface area (TPSA) is 79.1 Å². The normalized spacial score (nSPS) is 14.0. The molecular formula is C20H23FN4O3. The number of benzene rings is 1. The van der Waals surface area contributed by atoms with E-state index in [1.54, 1.807) is 18.3 Å². The first kappa shape index (κ1) is 19.8. The van der Waals surface area contributed by atoms with Crippen molar-refractivity contribution in [3.8, 4) is 0 Å². The highest BCUT2D eigenvalue weighted by atomic mass is 19.1. The smallest absolute Gasteiger partial charge is 0.265 e. The molecule has 0 radical (unpaired) electrons. The van der Waals surface area contributed by atoms with Crippen LogP contribution in [0, 0.1) is 5.82 Å². The summed E-state index contributed by atoms with van der Waals surface area (Å²) in [6.07, 6.45) is 1.65. The molecule has 2 aromatic heterocycles. The fourth-order valence-electron chi connectivity index (χ4n) is 3.13. The summed E-state index contributed by atoms with van der Waals surface area (Å²) in [7, 11) is 0. The number of nitrogens with zero attached hydrogens (tertiary/aromatic N) is 3. The lowest BCUT2D eigenvalue weighted by molar-refractivity contribution is 0.122. The van der Waals surface area contributed by atoms with Crippen molar-refractivity contribution >= 4 is 22.8 Å². The van der Waals surface area contributed by atoms with Gasteiger partial charge in [-0.2, -0.15) is 0 Å². The van der Waals surface area contributed by atoms with E-state index in [1.807, 2.05) is 12.1 Å². The van der Waals surface area contributed by atoms with Gasteiger partial charge in [-0.25, -0.2) is 9.37 Å². The van der Waals surface area contributed by atoms with Gasteiger partial charge < -0.3 is 20.1 Å². The Hall–Kier alpha value is -2.97. The fraction of sp³-hybridized carbons (Fsp3) is 0.300. The monoisotopic (exact) mass is 386 g/mol. The molecule has 8 heteroatoms. The van der Waals surface area contributed by atoms with Crippen LogP contribution in [0.5, 0.6) is 0 Å². The average Bonchev–Trinajstić information content (AvgIpc) is 2.68. The quantitative estimate of drug-likeness (QED) is 0.718. The molecule has 0 spiro atoms. The third-order valence-corrected chi connectivity index (χ3v) is 4.53. The molecule has 0 aliphatic carbocycles. The molecule has 1 aliphatic heterocycles. The van der Waals surface area contributed by atoms with Crippen LogP contribution in [0.4, 0.5) is 21.6 Å². The molecule has 2 N–H and O–H groups in total. The highest BCUT2D eigenvalue weighted by Gasteiger charge is 2.16. The molecule has 4 rings (SSSR count). The van der Waals surface area contributed by atoms with E-state index in [1.165, 1.54) is 16.5 Å². The molecule has 28 heavy (non-hydrogen) atoms. The Morgan fingerprint density at radius 1 is 1.21 bits per heavy atom. The van der Waals surface area contributed by atoms with E-state index in [9.17, 15) is 14.3 Å². The first-order chi connectivity index (χ1) is 13.2. The SMILES string of the molecule is C.O=c1c(CO)c(Nc2cccc(F)c2)nc2cc(N3CCOCC3)ccn12. The number of nitrogens with one attached hydrogen (secondary N) is 1. The zero-order chi connectivity index (χ0) is 18.8. The lowest BCUT2D eigenvalue weighted by atomic mass is 10.2. The molecule has 1 aliphatic rings. The molecule has 0 bridgehead atoms. The van der Waals surface area contributed by atoms with Crippen LogP contribution < -0.4 is 15.8 Å². The fourth-order valence-corrected chi connectivity index (χ4v) is 3.13. The third kappa shape index (κ3) is 3.83. The summed E-state index contributed by atoms with van der Waals surface area (Å²) in [5.74, 6) is -0.190. The number of rotatable bonds is 4. The predicted molar refractivity (Wildman–Crippen MR) is 107 cm³/mol. The van der Waals surface area contributed by atoms with Crippen molar-refractivity contribution in [1.82, 2.24) is 9.38 Å². The Labute approximate surface area is 162 Å². The second kappa shape index (κ2) is 8.37. The number of fused-ring (bicyclic) bond motifs is 1. The molecule has 0 atom stereocenters. The van der Waals surface area contributed by atoms with Crippen LogP contribution in [0.25, 0.3) is 5.65 Å². The lowest BCUT2D eigenvalue weighted by Gasteiger charge is -2.29. The Bertz CT molecular complexity index is 1030. The molecule has 7 nitrogen and oxygen atoms in total. The van der Waals surface area contributed by atoms with Crippen LogP contribution in [0.1, 0.15) is 13.0 Å². The molecule has 1 fully saturated rings. The minimum Gasteiger partial charge on any atom is -0.391 e. The van der Waals surface area contributed by atoms with E-state index in [0.717, 1.165) is 18.8 Å². The Morgan fingerprint density at radius 2 is 2.00 bits per heavy atom. The number of hydrogen-bond acceptors (Lipinski definition) is 6. The van der Waals surface area contributed by atoms with Gasteiger partial charge in [0.05, 0.1) is 25.4 Å². The Balaban J connectivity index is 0.00000225. The van der Waals surface area contributed by atoms with Gasteiger partial charge in [-0.1, -0.05) is 13.5 Å². The highest BCUT2D eigenvalue weighted by molar-refractivity contribution is 5.64. The van der Waals surface area contributed by atoms with E-state index >= 15 is 0 Å². The van der Waals surface area contributed by atoms with E-state index < -0.39 is 12.4 Å². The second-order valence-corrected chi connectivity index (χ2v) is 6.25. The van der Waals surface area contributed by atoms with Crippen molar-refractivity contribution in [2.45, 2.75) is 14.0 Å². The van der Waals surface area contributed by atoms with Crippen LogP contribution in [0.2, 0.25) is 0 Å². The molecule has 1 aromatic carbocycles. The van der Waals surface area contributed by atoms with Crippen LogP contribution in [0.3, 0.4) is 0 Å². The standard InChI is InChI=1S/C19H19FN4O3.CH4/c20-13-2-1-3-14(10-13)21-18-16(12-25)19(26)24-5-4-15(11-17(24)22-18)23-6-8-27-9-7-23;/h1-5,10-11,21,25H,6-9,12H2;1H4. The summed E-state index contributed by atoms with van der Waals surface area (Å²) < 4.78 is 20.2. The van der Waals surface area contributed by atoms with Crippen LogP contribution in [0.15, 0.2) is 47.4 Å². The highest BCUT2D eigenvalue weighted by Crippen LogP contribution is 2.21. The molecule has 1 saturated heterocycles. The van der Waals surface area contributed by atoms with Gasteiger partial charge in [0.1, 0.15) is 17.3 Å². The van der Waals surface area contributed by atoms with Gasteiger partial charge >= 0.3 is 0 Å². The third-order valence-electron chi connectivity index (χ3n) is 4.53. The molecule has 0 unspecified atom stereocenters. The zero-order valence-corrected chi connectivity index (χ0v) is 14.6. The van der Waals surface area contributed by atoms with Crippen molar-refractivity contribution in [1.29, 1.82) is 0 Å². The van der Waals surface area contributed by atoms with Gasteiger partial charge in [-0.15, -0.1) is 0 Å². The predicted octanol–water partition coefficient (Wildman–Crippen LogP) is 2.54. The Kier molecular flexibility index (Phi) is 5.91. The summed E-state index contributed by atoms with van der Waals surface area (Å²) in [4.78, 5) is 19.4. The van der Waals surface area contributed by atoms with Gasteiger partial charge in [0.2, 0.25) is 0 Å². The van der Waals surface area contributed by atoms with E-state index in [-0.39, 0.29) is 24.4 Å². The zero-order valence-electron chi connectivity index (χ0n) is 14.6. The summed E-state index contributed by atoms with van der Waals surface area (Å²) >= 11 is 0. The van der Waals surface area contributed by atoms with Gasteiger partial charge in [0.15, 0.2) is 0 Å².